The number of aromatic hydroxyl groups is 1. The minimum absolute atomic E-state index is 0.0879. The monoisotopic (exact) mass is 234 g/mol. The van der Waals surface area contributed by atoms with Crippen LogP contribution >= 0.6 is 11.6 Å². The fraction of sp³-hybridized carbons (Fsp3) is 0.286. The Morgan fingerprint density at radius 3 is 2.38 bits per heavy atom. The molecule has 1 N–H and O–H groups in total. The van der Waals surface area contributed by atoms with Gasteiger partial charge in [-0.15, -0.1) is 0 Å². The SMILES string of the molecule is CC(C)(C)c1c(Cl)c(O)cc2ccccc12. The highest BCUT2D eigenvalue weighted by atomic mass is 35.5. The summed E-state index contributed by atoms with van der Waals surface area (Å²) in [6.45, 7) is 6.29. The molecule has 0 radical (unpaired) electrons. The van der Waals surface area contributed by atoms with Crippen molar-refractivity contribution >= 4 is 22.4 Å². The standard InChI is InChI=1S/C14H15ClO/c1-14(2,3)12-10-7-5-4-6-9(10)8-11(16)13(12)15/h4-8,16H,1-3H3. The first-order chi connectivity index (χ1) is 7.41. The van der Waals surface area contributed by atoms with Gasteiger partial charge >= 0.3 is 0 Å². The Labute approximate surface area is 101 Å². The summed E-state index contributed by atoms with van der Waals surface area (Å²) in [5.74, 6) is 0.158. The Morgan fingerprint density at radius 1 is 1.12 bits per heavy atom. The van der Waals surface area contributed by atoms with E-state index in [0.29, 0.717) is 5.02 Å². The van der Waals surface area contributed by atoms with Crippen molar-refractivity contribution in [2.24, 2.45) is 0 Å². The van der Waals surface area contributed by atoms with E-state index in [0.717, 1.165) is 16.3 Å². The topological polar surface area (TPSA) is 20.2 Å². The van der Waals surface area contributed by atoms with E-state index in [2.05, 4.69) is 20.8 Å². The molecule has 0 unspecified atom stereocenters. The lowest BCUT2D eigenvalue weighted by molar-refractivity contribution is 0.473. The number of fused-ring (bicyclic) bond motifs is 1. The molecule has 1 nitrogen and oxygen atoms in total. The van der Waals surface area contributed by atoms with E-state index in [1.165, 1.54) is 0 Å². The lowest BCUT2D eigenvalue weighted by atomic mass is 9.83. The van der Waals surface area contributed by atoms with Crippen LogP contribution in [0.15, 0.2) is 30.3 Å². The van der Waals surface area contributed by atoms with Crippen molar-refractivity contribution in [3.8, 4) is 5.75 Å². The summed E-state index contributed by atoms with van der Waals surface area (Å²) in [5.41, 5.74) is 0.917. The Balaban J connectivity index is 2.93. The second kappa shape index (κ2) is 3.67. The smallest absolute Gasteiger partial charge is 0.135 e. The minimum atomic E-state index is -0.0879. The van der Waals surface area contributed by atoms with Crippen molar-refractivity contribution in [2.45, 2.75) is 26.2 Å². The maximum absolute atomic E-state index is 9.83. The third-order valence-corrected chi connectivity index (χ3v) is 3.10. The second-order valence-corrected chi connectivity index (χ2v) is 5.43. The Kier molecular flexibility index (Phi) is 2.59. The van der Waals surface area contributed by atoms with E-state index in [1.54, 1.807) is 6.07 Å². The molecule has 0 saturated carbocycles. The van der Waals surface area contributed by atoms with Gasteiger partial charge in [-0.2, -0.15) is 0 Å². The minimum Gasteiger partial charge on any atom is -0.506 e. The van der Waals surface area contributed by atoms with Crippen LogP contribution < -0.4 is 0 Å². The average molecular weight is 235 g/mol. The number of halogens is 1. The van der Waals surface area contributed by atoms with E-state index in [1.807, 2.05) is 24.3 Å². The van der Waals surface area contributed by atoms with Crippen molar-refractivity contribution in [3.05, 3.63) is 40.9 Å². The Hall–Kier alpha value is -1.21. The van der Waals surface area contributed by atoms with Gasteiger partial charge in [-0.1, -0.05) is 56.6 Å². The van der Waals surface area contributed by atoms with Gasteiger partial charge in [-0.25, -0.2) is 0 Å². The number of benzene rings is 2. The third-order valence-electron chi connectivity index (χ3n) is 2.72. The second-order valence-electron chi connectivity index (χ2n) is 5.06. The predicted octanol–water partition coefficient (Wildman–Crippen LogP) is 4.50. The first-order valence-corrected chi connectivity index (χ1v) is 5.70. The van der Waals surface area contributed by atoms with Crippen LogP contribution in [0.25, 0.3) is 10.8 Å². The molecule has 0 bridgehead atoms. The Bertz CT molecular complexity index is 538. The summed E-state index contributed by atoms with van der Waals surface area (Å²) in [5, 5.41) is 12.4. The largest absolute Gasteiger partial charge is 0.506 e. The average Bonchev–Trinajstić information content (AvgIpc) is 2.17. The van der Waals surface area contributed by atoms with Crippen LogP contribution in [-0.4, -0.2) is 5.11 Å². The summed E-state index contributed by atoms with van der Waals surface area (Å²) in [6.07, 6.45) is 0. The van der Waals surface area contributed by atoms with E-state index < -0.39 is 0 Å². The Morgan fingerprint density at radius 2 is 1.75 bits per heavy atom. The molecule has 2 rings (SSSR count). The molecule has 0 atom stereocenters. The van der Waals surface area contributed by atoms with Crippen molar-refractivity contribution < 1.29 is 5.11 Å². The molecule has 2 aromatic carbocycles. The van der Waals surface area contributed by atoms with E-state index in [-0.39, 0.29) is 11.2 Å². The third kappa shape index (κ3) is 1.76. The predicted molar refractivity (Wildman–Crippen MR) is 69.3 cm³/mol. The van der Waals surface area contributed by atoms with Gasteiger partial charge in [0, 0.05) is 0 Å². The normalized spacial score (nSPS) is 12.0. The first-order valence-electron chi connectivity index (χ1n) is 5.32. The summed E-state index contributed by atoms with van der Waals surface area (Å²) in [4.78, 5) is 0. The van der Waals surface area contributed by atoms with E-state index >= 15 is 0 Å². The molecule has 0 spiro atoms. The number of hydrogen-bond donors (Lipinski definition) is 1. The highest BCUT2D eigenvalue weighted by Crippen LogP contribution is 2.40. The van der Waals surface area contributed by atoms with Gasteiger partial charge in [0.15, 0.2) is 0 Å². The molecule has 2 heteroatoms. The van der Waals surface area contributed by atoms with Crippen molar-refractivity contribution in [3.63, 3.8) is 0 Å². The molecule has 2 aromatic rings. The van der Waals surface area contributed by atoms with Gasteiger partial charge < -0.3 is 5.11 Å². The maximum atomic E-state index is 9.83. The summed E-state index contributed by atoms with van der Waals surface area (Å²) >= 11 is 6.21. The quantitative estimate of drug-likeness (QED) is 0.712. The molecular weight excluding hydrogens is 220 g/mol. The molecule has 0 aliphatic rings. The van der Waals surface area contributed by atoms with Gasteiger partial charge in [0.2, 0.25) is 0 Å². The van der Waals surface area contributed by atoms with Gasteiger partial charge in [0.25, 0.3) is 0 Å². The van der Waals surface area contributed by atoms with Crippen LogP contribution in [0.5, 0.6) is 5.75 Å². The molecule has 0 heterocycles. The number of rotatable bonds is 0. The highest BCUT2D eigenvalue weighted by Gasteiger charge is 2.22. The van der Waals surface area contributed by atoms with Crippen LogP contribution in [0.2, 0.25) is 5.02 Å². The van der Waals surface area contributed by atoms with E-state index in [4.69, 9.17) is 11.6 Å². The van der Waals surface area contributed by atoms with E-state index in [9.17, 15) is 5.11 Å². The van der Waals surface area contributed by atoms with Crippen LogP contribution in [0.1, 0.15) is 26.3 Å². The molecule has 0 aliphatic carbocycles. The zero-order valence-electron chi connectivity index (χ0n) is 9.71. The zero-order chi connectivity index (χ0) is 11.9. The lowest BCUT2D eigenvalue weighted by Gasteiger charge is -2.23. The zero-order valence-corrected chi connectivity index (χ0v) is 10.5. The van der Waals surface area contributed by atoms with Crippen molar-refractivity contribution in [1.29, 1.82) is 0 Å². The van der Waals surface area contributed by atoms with Gasteiger partial charge in [-0.3, -0.25) is 0 Å². The molecule has 16 heavy (non-hydrogen) atoms. The van der Waals surface area contributed by atoms with Crippen LogP contribution in [0, 0.1) is 0 Å². The highest BCUT2D eigenvalue weighted by molar-refractivity contribution is 6.34. The maximum Gasteiger partial charge on any atom is 0.135 e. The fourth-order valence-corrected chi connectivity index (χ4v) is 2.48. The molecule has 0 aromatic heterocycles. The van der Waals surface area contributed by atoms with Gasteiger partial charge in [0.1, 0.15) is 5.75 Å². The lowest BCUT2D eigenvalue weighted by Crippen LogP contribution is -2.12. The number of phenols is 1. The fourth-order valence-electron chi connectivity index (χ4n) is 2.04. The van der Waals surface area contributed by atoms with Gasteiger partial charge in [0.05, 0.1) is 5.02 Å². The first kappa shape index (κ1) is 11.3. The van der Waals surface area contributed by atoms with Crippen LogP contribution in [0.3, 0.4) is 0 Å². The number of phenolic OH excluding ortho intramolecular Hbond substituents is 1. The number of hydrogen-bond acceptors (Lipinski definition) is 1. The van der Waals surface area contributed by atoms with Crippen molar-refractivity contribution in [1.82, 2.24) is 0 Å². The van der Waals surface area contributed by atoms with Crippen LogP contribution in [-0.2, 0) is 5.41 Å². The van der Waals surface area contributed by atoms with Gasteiger partial charge in [-0.05, 0) is 27.8 Å². The molecule has 0 saturated heterocycles. The van der Waals surface area contributed by atoms with Crippen LogP contribution in [0.4, 0.5) is 0 Å². The molecule has 0 amide bonds. The molecular formula is C14H15ClO. The van der Waals surface area contributed by atoms with Crippen molar-refractivity contribution in [2.75, 3.05) is 0 Å². The summed E-state index contributed by atoms with van der Waals surface area (Å²) < 4.78 is 0. The summed E-state index contributed by atoms with van der Waals surface area (Å²) in [6, 6.07) is 9.70. The molecule has 0 fully saturated rings. The molecule has 0 aliphatic heterocycles. The summed E-state index contributed by atoms with van der Waals surface area (Å²) in [7, 11) is 0. The molecule has 84 valence electrons.